The van der Waals surface area contributed by atoms with E-state index in [0.717, 1.165) is 18.5 Å². The van der Waals surface area contributed by atoms with Crippen molar-refractivity contribution in [1.29, 1.82) is 0 Å². The highest BCUT2D eigenvalue weighted by atomic mass is 19.3. The van der Waals surface area contributed by atoms with Crippen molar-refractivity contribution in [2.24, 2.45) is 5.92 Å². The summed E-state index contributed by atoms with van der Waals surface area (Å²) in [4.78, 5) is 22.1. The van der Waals surface area contributed by atoms with Crippen molar-refractivity contribution in [1.82, 2.24) is 19.5 Å². The third-order valence-corrected chi connectivity index (χ3v) is 5.66. The molecule has 2 aliphatic heterocycles. The first kappa shape index (κ1) is 23.5. The molecule has 3 heterocycles. The van der Waals surface area contributed by atoms with Crippen molar-refractivity contribution in [3.05, 3.63) is 53.6 Å². The summed E-state index contributed by atoms with van der Waals surface area (Å²) < 4.78 is 77.8. The number of nitrogens with one attached hydrogen (secondary N) is 1. The molecule has 2 aromatic rings. The van der Waals surface area contributed by atoms with Gasteiger partial charge in [0, 0.05) is 25.6 Å². The summed E-state index contributed by atoms with van der Waals surface area (Å²) >= 11 is 0. The number of nitrogens with zero attached hydrogens (tertiary/aromatic N) is 4. The van der Waals surface area contributed by atoms with Crippen LogP contribution in [0.4, 0.5) is 27.8 Å². The minimum Gasteiger partial charge on any atom is -0.434 e. The first-order valence-electron chi connectivity index (χ1n) is 10.3. The highest BCUT2D eigenvalue weighted by Gasteiger charge is 2.48. The Morgan fingerprint density at radius 1 is 1.24 bits per heavy atom. The molecule has 0 saturated carbocycles. The van der Waals surface area contributed by atoms with Crippen molar-refractivity contribution < 1.29 is 31.5 Å². The molecule has 2 unspecified atom stereocenters. The fraction of sp³-hybridized carbons (Fsp3) is 0.318. The summed E-state index contributed by atoms with van der Waals surface area (Å²) in [5.41, 5.74) is 0.418. The van der Waals surface area contributed by atoms with E-state index in [1.807, 2.05) is 0 Å². The molecule has 1 aromatic heterocycles. The fourth-order valence-electron chi connectivity index (χ4n) is 3.66. The summed E-state index contributed by atoms with van der Waals surface area (Å²) in [7, 11) is 0. The molecule has 34 heavy (non-hydrogen) atoms. The number of benzene rings is 1. The summed E-state index contributed by atoms with van der Waals surface area (Å²) in [6.07, 6.45) is 6.18. The van der Waals surface area contributed by atoms with E-state index in [1.165, 1.54) is 18.5 Å². The second-order valence-electron chi connectivity index (χ2n) is 7.83. The van der Waals surface area contributed by atoms with Crippen LogP contribution in [0.5, 0.6) is 11.6 Å². The van der Waals surface area contributed by atoms with Crippen LogP contribution in [-0.2, 0) is 4.79 Å². The molecule has 1 saturated heterocycles. The number of anilines is 1. The zero-order valence-electron chi connectivity index (χ0n) is 17.8. The second kappa shape index (κ2) is 9.32. The summed E-state index contributed by atoms with van der Waals surface area (Å²) in [5.74, 6) is -9.81. The predicted molar refractivity (Wildman–Crippen MR) is 113 cm³/mol. The average molecular weight is 480 g/mol. The molecule has 12 heteroatoms. The van der Waals surface area contributed by atoms with Gasteiger partial charge in [0.1, 0.15) is 0 Å². The van der Waals surface area contributed by atoms with E-state index in [2.05, 4.69) is 20.0 Å². The zero-order chi connectivity index (χ0) is 24.5. The number of hydrogen-bond acceptors (Lipinski definition) is 5. The lowest BCUT2D eigenvalue weighted by molar-refractivity contribution is -0.128. The van der Waals surface area contributed by atoms with Crippen LogP contribution in [0, 0.1) is 23.4 Å². The molecule has 0 radical (unpaired) electrons. The standard InChI is InChI=1S/C22H18F5N5O2/c1-12(32-7-5-22(26,27)14(11-32)13-4-6-28-8-13)21(33)31-17-9-30-18(10-29-17)34-16-3-2-15(23)19(24)20(16)25/h2-4,6,8-10,12,14H,5,7,11H2,1H3/p+1. The smallest absolute Gasteiger partial charge is 0.296 e. The minimum absolute atomic E-state index is 0.0223. The first-order chi connectivity index (χ1) is 16.2. The highest BCUT2D eigenvalue weighted by Crippen LogP contribution is 2.38. The largest absolute Gasteiger partial charge is 0.434 e. The number of rotatable bonds is 6. The third-order valence-electron chi connectivity index (χ3n) is 5.66. The molecule has 1 aromatic carbocycles. The van der Waals surface area contributed by atoms with Crippen molar-refractivity contribution in [3.8, 4) is 11.6 Å². The van der Waals surface area contributed by atoms with Crippen molar-refractivity contribution in [3.63, 3.8) is 0 Å². The number of amides is 1. The number of carbonyl (C=O) groups is 1. The number of likely N-dealkylation sites (tertiary alicyclic amines) is 1. The number of alkyl halides is 2. The lowest BCUT2D eigenvalue weighted by Crippen LogP contribution is -2.53. The van der Waals surface area contributed by atoms with E-state index in [4.69, 9.17) is 4.74 Å². The van der Waals surface area contributed by atoms with Crippen LogP contribution < -0.4 is 14.7 Å². The molecule has 0 bridgehead atoms. The van der Waals surface area contributed by atoms with Gasteiger partial charge >= 0.3 is 0 Å². The maximum atomic E-state index is 14.4. The van der Waals surface area contributed by atoms with E-state index in [-0.39, 0.29) is 24.8 Å². The molecule has 2 aliphatic rings. The number of ether oxygens (including phenoxy) is 1. The summed E-state index contributed by atoms with van der Waals surface area (Å²) in [5, 5.41) is 2.54. The van der Waals surface area contributed by atoms with Crippen molar-refractivity contribution in [2.45, 2.75) is 25.3 Å². The van der Waals surface area contributed by atoms with Gasteiger partial charge in [-0.1, -0.05) is 0 Å². The molecule has 0 spiro atoms. The van der Waals surface area contributed by atoms with E-state index in [9.17, 15) is 26.7 Å². The highest BCUT2D eigenvalue weighted by molar-refractivity contribution is 5.94. The van der Waals surface area contributed by atoms with Crippen LogP contribution in [0.1, 0.15) is 13.3 Å². The molecule has 0 aliphatic carbocycles. The fourth-order valence-corrected chi connectivity index (χ4v) is 3.66. The van der Waals surface area contributed by atoms with Gasteiger partial charge in [-0.15, -0.1) is 4.67 Å². The predicted octanol–water partition coefficient (Wildman–Crippen LogP) is 3.12. The Morgan fingerprint density at radius 3 is 2.71 bits per heavy atom. The topological polar surface area (TPSA) is 81.4 Å². The average Bonchev–Trinajstić information content (AvgIpc) is 3.34. The number of piperidine rings is 1. The molecule has 178 valence electrons. The molecular formula is C22H19F5N5O2+. The summed E-state index contributed by atoms with van der Waals surface area (Å²) in [6.45, 7) is 1.60. The van der Waals surface area contributed by atoms with Gasteiger partial charge in [0.25, 0.3) is 18.4 Å². The van der Waals surface area contributed by atoms with Gasteiger partial charge in [0.2, 0.25) is 17.6 Å². The number of hydrogen-bond donors (Lipinski definition) is 1. The SMILES string of the molecule is CC(C(=O)Nc1cnc(Oc2ccc(F)c(F)c2F)cn1)N1CCC(F)(F)C(C2=CC=[N+]=C2)C1. The number of halogens is 5. The van der Waals surface area contributed by atoms with Gasteiger partial charge in [-0.2, -0.15) is 4.39 Å². The normalized spacial score (nSPS) is 20.2. The Kier molecular flexibility index (Phi) is 6.45. The second-order valence-corrected chi connectivity index (χ2v) is 7.83. The van der Waals surface area contributed by atoms with Crippen LogP contribution in [0.25, 0.3) is 0 Å². The minimum atomic E-state index is -2.91. The Hall–Kier alpha value is -3.63. The Bertz CT molecular complexity index is 1190. The monoisotopic (exact) mass is 480 g/mol. The van der Waals surface area contributed by atoms with Crippen LogP contribution in [0.15, 0.2) is 36.2 Å². The van der Waals surface area contributed by atoms with Crippen LogP contribution in [0.3, 0.4) is 0 Å². The maximum absolute atomic E-state index is 14.4. The number of aromatic nitrogens is 2. The van der Waals surface area contributed by atoms with E-state index >= 15 is 0 Å². The number of allylic oxidation sites excluding steroid dienone is 1. The lowest BCUT2D eigenvalue weighted by atomic mass is 9.86. The van der Waals surface area contributed by atoms with Crippen LogP contribution in [-0.4, -0.2) is 58.3 Å². The lowest BCUT2D eigenvalue weighted by Gasteiger charge is -2.40. The maximum Gasteiger partial charge on any atom is 0.296 e. The molecule has 1 N–H and O–H groups in total. The van der Waals surface area contributed by atoms with Gasteiger partial charge in [-0.25, -0.2) is 27.5 Å². The Balaban J connectivity index is 1.38. The Morgan fingerprint density at radius 2 is 2.03 bits per heavy atom. The van der Waals surface area contributed by atoms with Crippen LogP contribution >= 0.6 is 0 Å². The number of carbonyl (C=O) groups excluding carboxylic acids is 1. The van der Waals surface area contributed by atoms with Gasteiger partial charge in [0.15, 0.2) is 23.2 Å². The molecule has 1 fully saturated rings. The van der Waals surface area contributed by atoms with Gasteiger partial charge in [0.05, 0.1) is 29.9 Å². The van der Waals surface area contributed by atoms with E-state index in [1.54, 1.807) is 11.8 Å². The summed E-state index contributed by atoms with van der Waals surface area (Å²) in [6, 6.07) is 0.857. The Labute approximate surface area is 190 Å². The van der Waals surface area contributed by atoms with Gasteiger partial charge in [-0.3, -0.25) is 9.69 Å². The van der Waals surface area contributed by atoms with Crippen LogP contribution in [0.2, 0.25) is 0 Å². The van der Waals surface area contributed by atoms with E-state index in [0.29, 0.717) is 11.6 Å². The first-order valence-corrected chi connectivity index (χ1v) is 10.3. The van der Waals surface area contributed by atoms with Gasteiger partial charge in [-0.05, 0) is 19.1 Å². The molecule has 1 amide bonds. The van der Waals surface area contributed by atoms with Crippen molar-refractivity contribution in [2.75, 3.05) is 18.4 Å². The van der Waals surface area contributed by atoms with Crippen molar-refractivity contribution >= 4 is 24.2 Å². The molecule has 4 rings (SSSR count). The molecular weight excluding hydrogens is 461 g/mol. The molecule has 7 nitrogen and oxygen atoms in total. The zero-order valence-corrected chi connectivity index (χ0v) is 17.8. The third kappa shape index (κ3) is 4.82. The van der Waals surface area contributed by atoms with E-state index < -0.39 is 53.4 Å². The quantitative estimate of drug-likeness (QED) is 0.391. The van der Waals surface area contributed by atoms with Gasteiger partial charge < -0.3 is 10.1 Å². The molecule has 2 atom stereocenters.